The SMILES string of the molecule is Nc1cc2ncnc3ccc4cnnc1c4c32. The molecule has 80 valence electrons. The van der Waals surface area contributed by atoms with Crippen molar-refractivity contribution in [3.8, 4) is 0 Å². The van der Waals surface area contributed by atoms with E-state index in [1.807, 2.05) is 18.2 Å². The van der Waals surface area contributed by atoms with Gasteiger partial charge >= 0.3 is 0 Å². The van der Waals surface area contributed by atoms with Gasteiger partial charge in [-0.05, 0) is 12.1 Å². The summed E-state index contributed by atoms with van der Waals surface area (Å²) in [4.78, 5) is 8.52. The highest BCUT2D eigenvalue weighted by Crippen LogP contribution is 2.33. The first kappa shape index (κ1) is 8.58. The molecule has 0 spiro atoms. The summed E-state index contributed by atoms with van der Waals surface area (Å²) in [5, 5.41) is 11.1. The predicted molar refractivity (Wildman–Crippen MR) is 65.7 cm³/mol. The van der Waals surface area contributed by atoms with Crippen LogP contribution in [0.3, 0.4) is 0 Å². The maximum atomic E-state index is 5.98. The molecule has 0 saturated heterocycles. The Morgan fingerprint density at radius 3 is 2.82 bits per heavy atom. The van der Waals surface area contributed by atoms with Gasteiger partial charge in [0.05, 0.1) is 22.9 Å². The molecule has 0 bridgehead atoms. The Morgan fingerprint density at radius 1 is 1.00 bits per heavy atom. The van der Waals surface area contributed by atoms with Crippen LogP contribution in [0.25, 0.3) is 32.7 Å². The third kappa shape index (κ3) is 0.977. The van der Waals surface area contributed by atoms with Gasteiger partial charge in [0.15, 0.2) is 0 Å². The van der Waals surface area contributed by atoms with Gasteiger partial charge in [0, 0.05) is 16.2 Å². The van der Waals surface area contributed by atoms with E-state index in [1.54, 1.807) is 12.5 Å². The van der Waals surface area contributed by atoms with E-state index in [1.165, 1.54) is 0 Å². The second-order valence-corrected chi connectivity index (χ2v) is 3.98. The molecule has 17 heavy (non-hydrogen) atoms. The molecule has 0 atom stereocenters. The summed E-state index contributed by atoms with van der Waals surface area (Å²) in [6.07, 6.45) is 3.28. The van der Waals surface area contributed by atoms with Crippen molar-refractivity contribution < 1.29 is 0 Å². The minimum atomic E-state index is 0.599. The fraction of sp³-hybridized carbons (Fsp3) is 0. The van der Waals surface area contributed by atoms with Crippen molar-refractivity contribution in [1.82, 2.24) is 20.2 Å². The molecule has 2 N–H and O–H groups in total. The fourth-order valence-corrected chi connectivity index (χ4v) is 2.28. The van der Waals surface area contributed by atoms with Gasteiger partial charge in [0.2, 0.25) is 0 Å². The molecule has 0 amide bonds. The Morgan fingerprint density at radius 2 is 1.88 bits per heavy atom. The number of hydrogen-bond acceptors (Lipinski definition) is 5. The molecule has 2 aromatic heterocycles. The van der Waals surface area contributed by atoms with Crippen LogP contribution in [0.15, 0.2) is 30.7 Å². The molecule has 5 heteroatoms. The first-order valence-electron chi connectivity index (χ1n) is 5.21. The van der Waals surface area contributed by atoms with Gasteiger partial charge in [0.1, 0.15) is 11.8 Å². The summed E-state index contributed by atoms with van der Waals surface area (Å²) in [6.45, 7) is 0. The summed E-state index contributed by atoms with van der Waals surface area (Å²) in [6, 6.07) is 5.76. The van der Waals surface area contributed by atoms with Crippen LogP contribution in [0.1, 0.15) is 0 Å². The third-order valence-corrected chi connectivity index (χ3v) is 3.02. The van der Waals surface area contributed by atoms with E-state index in [0.29, 0.717) is 5.69 Å². The van der Waals surface area contributed by atoms with Gasteiger partial charge in [-0.2, -0.15) is 5.10 Å². The maximum Gasteiger partial charge on any atom is 0.117 e. The van der Waals surface area contributed by atoms with Crippen LogP contribution in [0, 0.1) is 0 Å². The van der Waals surface area contributed by atoms with Gasteiger partial charge in [-0.1, -0.05) is 6.07 Å². The van der Waals surface area contributed by atoms with E-state index in [0.717, 1.165) is 32.7 Å². The summed E-state index contributed by atoms with van der Waals surface area (Å²) < 4.78 is 0. The highest BCUT2D eigenvalue weighted by molar-refractivity contribution is 6.22. The number of anilines is 1. The van der Waals surface area contributed by atoms with Crippen molar-refractivity contribution in [2.75, 3.05) is 5.73 Å². The first-order chi connectivity index (χ1) is 8.34. The van der Waals surface area contributed by atoms with Crippen molar-refractivity contribution in [1.29, 1.82) is 0 Å². The monoisotopic (exact) mass is 221 g/mol. The molecule has 0 aliphatic heterocycles. The maximum absolute atomic E-state index is 5.98. The number of hydrogen-bond donors (Lipinski definition) is 1. The van der Waals surface area contributed by atoms with E-state index >= 15 is 0 Å². The van der Waals surface area contributed by atoms with E-state index < -0.39 is 0 Å². The molecule has 4 aromatic rings. The van der Waals surface area contributed by atoms with E-state index in [4.69, 9.17) is 5.73 Å². The standard InChI is InChI=1S/C12H7N5/c13-7-3-9-11-8(14-5-15-9)2-1-6-4-16-17-12(7)10(6)11/h1-5H,13H2. The number of nitrogens with zero attached hydrogens (tertiary/aromatic N) is 4. The number of nitrogen functional groups attached to an aromatic ring is 1. The summed E-state index contributed by atoms with van der Waals surface area (Å²) in [5.74, 6) is 0. The highest BCUT2D eigenvalue weighted by atomic mass is 15.1. The molecule has 0 aliphatic rings. The lowest BCUT2D eigenvalue weighted by Gasteiger charge is -2.09. The Balaban J connectivity index is 2.50. The van der Waals surface area contributed by atoms with Crippen molar-refractivity contribution in [2.45, 2.75) is 0 Å². The van der Waals surface area contributed by atoms with Crippen LogP contribution in [-0.4, -0.2) is 20.2 Å². The molecule has 2 heterocycles. The molecule has 0 unspecified atom stereocenters. The fourth-order valence-electron chi connectivity index (χ4n) is 2.28. The van der Waals surface area contributed by atoms with Crippen LogP contribution >= 0.6 is 0 Å². The van der Waals surface area contributed by atoms with Crippen LogP contribution in [0.5, 0.6) is 0 Å². The molecule has 0 fully saturated rings. The predicted octanol–water partition coefficient (Wildman–Crippen LogP) is 1.75. The molecular weight excluding hydrogens is 214 g/mol. The molecule has 0 aliphatic carbocycles. The Labute approximate surface area is 95.6 Å². The first-order valence-corrected chi connectivity index (χ1v) is 5.21. The van der Waals surface area contributed by atoms with Gasteiger partial charge in [-0.3, -0.25) is 0 Å². The summed E-state index contributed by atoms with van der Waals surface area (Å²) >= 11 is 0. The number of benzene rings is 2. The van der Waals surface area contributed by atoms with Crippen molar-refractivity contribution in [3.05, 3.63) is 30.7 Å². The highest BCUT2D eigenvalue weighted by Gasteiger charge is 2.12. The van der Waals surface area contributed by atoms with Crippen LogP contribution in [0.4, 0.5) is 5.69 Å². The molecule has 0 saturated carbocycles. The summed E-state index contributed by atoms with van der Waals surface area (Å²) in [5.41, 5.74) is 9.04. The normalized spacial score (nSPS) is 11.8. The van der Waals surface area contributed by atoms with E-state index in [2.05, 4.69) is 20.2 Å². The zero-order valence-electron chi connectivity index (χ0n) is 8.75. The third-order valence-electron chi connectivity index (χ3n) is 3.02. The average Bonchev–Trinajstić information content (AvgIpc) is 2.37. The van der Waals surface area contributed by atoms with Crippen LogP contribution < -0.4 is 5.73 Å². The van der Waals surface area contributed by atoms with Crippen LogP contribution in [-0.2, 0) is 0 Å². The lowest BCUT2D eigenvalue weighted by Crippen LogP contribution is -1.96. The largest absolute Gasteiger partial charge is 0.397 e. The van der Waals surface area contributed by atoms with Crippen molar-refractivity contribution >= 4 is 38.4 Å². The lowest BCUT2D eigenvalue weighted by molar-refractivity contribution is 1.09. The van der Waals surface area contributed by atoms with Crippen molar-refractivity contribution in [3.63, 3.8) is 0 Å². The summed E-state index contributed by atoms with van der Waals surface area (Å²) in [7, 11) is 0. The molecule has 4 rings (SSSR count). The smallest absolute Gasteiger partial charge is 0.117 e. The molecule has 0 radical (unpaired) electrons. The molecule has 2 aromatic carbocycles. The van der Waals surface area contributed by atoms with Crippen molar-refractivity contribution in [2.24, 2.45) is 0 Å². The molecule has 5 nitrogen and oxygen atoms in total. The van der Waals surface area contributed by atoms with E-state index in [-0.39, 0.29) is 0 Å². The zero-order chi connectivity index (χ0) is 11.4. The zero-order valence-corrected chi connectivity index (χ0v) is 8.75. The van der Waals surface area contributed by atoms with Gasteiger partial charge in [-0.15, -0.1) is 5.10 Å². The van der Waals surface area contributed by atoms with Gasteiger partial charge < -0.3 is 5.73 Å². The average molecular weight is 221 g/mol. The number of aromatic nitrogens is 4. The molecular formula is C12H7N5. The number of nitrogens with two attached hydrogens (primary N) is 1. The Bertz CT molecular complexity index is 855. The van der Waals surface area contributed by atoms with E-state index in [9.17, 15) is 0 Å². The quantitative estimate of drug-likeness (QED) is 0.361. The van der Waals surface area contributed by atoms with Gasteiger partial charge in [0.25, 0.3) is 0 Å². The van der Waals surface area contributed by atoms with Gasteiger partial charge in [-0.25, -0.2) is 9.97 Å². The minimum Gasteiger partial charge on any atom is -0.397 e. The number of rotatable bonds is 0. The minimum absolute atomic E-state index is 0.599. The second-order valence-electron chi connectivity index (χ2n) is 3.98. The topological polar surface area (TPSA) is 77.6 Å². The second kappa shape index (κ2) is 2.76. The van der Waals surface area contributed by atoms with Crippen LogP contribution in [0.2, 0.25) is 0 Å². The Kier molecular flexibility index (Phi) is 1.39. The lowest BCUT2D eigenvalue weighted by atomic mass is 10.0. The Hall–Kier alpha value is -2.56.